The van der Waals surface area contributed by atoms with E-state index in [0.29, 0.717) is 12.0 Å². The number of aromatic nitrogens is 2. The highest BCUT2D eigenvalue weighted by atomic mass is 32.2. The molecular formula is C22H24N2O6S. The summed E-state index contributed by atoms with van der Waals surface area (Å²) in [4.78, 5) is 26.4. The van der Waals surface area contributed by atoms with E-state index in [0.717, 1.165) is 11.1 Å². The van der Waals surface area contributed by atoms with Gasteiger partial charge < -0.3 is 4.74 Å². The second-order valence-corrected chi connectivity index (χ2v) is 8.70. The number of nitrogens with zero attached hydrogens (tertiary/aromatic N) is 1. The zero-order valence-corrected chi connectivity index (χ0v) is 18.1. The van der Waals surface area contributed by atoms with Gasteiger partial charge in [0.15, 0.2) is 0 Å². The summed E-state index contributed by atoms with van der Waals surface area (Å²) in [7, 11) is -3.92. The summed E-state index contributed by atoms with van der Waals surface area (Å²) >= 11 is 0. The molecule has 1 unspecified atom stereocenters. The van der Waals surface area contributed by atoms with E-state index in [-0.39, 0.29) is 18.1 Å². The fraction of sp³-hybridized carbons (Fsp3) is 0.273. The van der Waals surface area contributed by atoms with Gasteiger partial charge in [0.05, 0.1) is 18.1 Å². The molecule has 3 aromatic rings. The minimum Gasteiger partial charge on any atom is -0.355 e. The lowest BCUT2D eigenvalue weighted by molar-refractivity contribution is -0.0132. The number of H-pyrrole nitrogens is 1. The average molecular weight is 445 g/mol. The van der Waals surface area contributed by atoms with Crippen molar-refractivity contribution in [3.05, 3.63) is 98.3 Å². The maximum Gasteiger partial charge on any atom is 0.330 e. The van der Waals surface area contributed by atoms with E-state index in [9.17, 15) is 18.0 Å². The van der Waals surface area contributed by atoms with Gasteiger partial charge in [-0.1, -0.05) is 48.0 Å². The van der Waals surface area contributed by atoms with Gasteiger partial charge in [0.1, 0.15) is 6.23 Å². The first-order valence-corrected chi connectivity index (χ1v) is 11.1. The molecule has 8 nitrogen and oxygen atoms in total. The zero-order chi connectivity index (χ0) is 22.4. The molecule has 0 saturated carbocycles. The monoisotopic (exact) mass is 444 g/mol. The third-order valence-electron chi connectivity index (χ3n) is 4.65. The van der Waals surface area contributed by atoms with Gasteiger partial charge in [0.2, 0.25) is 0 Å². The van der Waals surface area contributed by atoms with Gasteiger partial charge in [0.25, 0.3) is 15.7 Å². The van der Waals surface area contributed by atoms with Crippen LogP contribution in [0.1, 0.15) is 22.9 Å². The molecule has 0 bridgehead atoms. The number of rotatable bonds is 9. The Hall–Kier alpha value is -3.01. The Morgan fingerprint density at radius 2 is 1.65 bits per heavy atom. The summed E-state index contributed by atoms with van der Waals surface area (Å²) in [5.74, 6) is 0. The Labute approximate surface area is 180 Å². The normalized spacial score (nSPS) is 12.6. The molecule has 1 N–H and O–H groups in total. The zero-order valence-electron chi connectivity index (χ0n) is 17.3. The SMILES string of the molecule is Cc1ccc(S(=O)(=O)OCCOC(Cc2ccccc2)n2cc(C)c(=O)[nH]c2=O)cc1. The average Bonchev–Trinajstić information content (AvgIpc) is 2.74. The smallest absolute Gasteiger partial charge is 0.330 e. The van der Waals surface area contributed by atoms with E-state index >= 15 is 0 Å². The molecule has 31 heavy (non-hydrogen) atoms. The van der Waals surface area contributed by atoms with Crippen molar-refractivity contribution in [1.82, 2.24) is 9.55 Å². The van der Waals surface area contributed by atoms with Crippen LogP contribution in [0.25, 0.3) is 0 Å². The van der Waals surface area contributed by atoms with Gasteiger partial charge in [-0.2, -0.15) is 8.42 Å². The molecule has 0 saturated heterocycles. The molecule has 1 atom stereocenters. The summed E-state index contributed by atoms with van der Waals surface area (Å²) in [6.07, 6.45) is 1.02. The molecule has 1 heterocycles. The highest BCUT2D eigenvalue weighted by Gasteiger charge is 2.18. The van der Waals surface area contributed by atoms with Crippen LogP contribution in [-0.4, -0.2) is 31.2 Å². The van der Waals surface area contributed by atoms with Crippen LogP contribution in [0.2, 0.25) is 0 Å². The third kappa shape index (κ3) is 6.00. The van der Waals surface area contributed by atoms with E-state index in [1.165, 1.54) is 22.9 Å². The largest absolute Gasteiger partial charge is 0.355 e. The van der Waals surface area contributed by atoms with Crippen LogP contribution in [0.3, 0.4) is 0 Å². The molecule has 9 heteroatoms. The molecule has 0 fully saturated rings. The Bertz CT molecular complexity index is 1230. The van der Waals surface area contributed by atoms with Gasteiger partial charge in [-0.15, -0.1) is 0 Å². The number of aromatic amines is 1. The highest BCUT2D eigenvalue weighted by Crippen LogP contribution is 2.16. The van der Waals surface area contributed by atoms with Crippen LogP contribution < -0.4 is 11.2 Å². The van der Waals surface area contributed by atoms with Crippen molar-refractivity contribution < 1.29 is 17.3 Å². The summed E-state index contributed by atoms with van der Waals surface area (Å²) in [6.45, 7) is 3.15. The fourth-order valence-corrected chi connectivity index (χ4v) is 3.85. The summed E-state index contributed by atoms with van der Waals surface area (Å²) in [5.41, 5.74) is 1.14. The van der Waals surface area contributed by atoms with Crippen molar-refractivity contribution in [2.45, 2.75) is 31.4 Å². The van der Waals surface area contributed by atoms with E-state index in [2.05, 4.69) is 4.98 Å². The second kappa shape index (κ2) is 9.86. The highest BCUT2D eigenvalue weighted by molar-refractivity contribution is 7.86. The number of ether oxygens (including phenoxy) is 1. The first-order valence-electron chi connectivity index (χ1n) is 9.70. The molecule has 0 amide bonds. The van der Waals surface area contributed by atoms with E-state index in [1.54, 1.807) is 19.1 Å². The molecule has 164 valence electrons. The number of hydrogen-bond donors (Lipinski definition) is 1. The lowest BCUT2D eigenvalue weighted by atomic mass is 10.1. The lowest BCUT2D eigenvalue weighted by Gasteiger charge is -2.20. The lowest BCUT2D eigenvalue weighted by Crippen LogP contribution is -2.35. The summed E-state index contributed by atoms with van der Waals surface area (Å²) < 4.78 is 36.8. The number of hydrogen-bond acceptors (Lipinski definition) is 6. The van der Waals surface area contributed by atoms with Crippen molar-refractivity contribution in [2.75, 3.05) is 13.2 Å². The molecule has 0 aliphatic carbocycles. The van der Waals surface area contributed by atoms with Crippen molar-refractivity contribution >= 4 is 10.1 Å². The third-order valence-corrected chi connectivity index (χ3v) is 5.98. The molecule has 3 rings (SSSR count). The van der Waals surface area contributed by atoms with Gasteiger partial charge in [0, 0.05) is 18.2 Å². The molecule has 0 spiro atoms. The van der Waals surface area contributed by atoms with E-state index in [4.69, 9.17) is 8.92 Å². The Morgan fingerprint density at radius 1 is 0.968 bits per heavy atom. The number of aryl methyl sites for hydroxylation is 2. The summed E-state index contributed by atoms with van der Waals surface area (Å²) in [6, 6.07) is 15.7. The molecule has 2 aromatic carbocycles. The Kier molecular flexibility index (Phi) is 7.21. The van der Waals surface area contributed by atoms with E-state index < -0.39 is 27.6 Å². The van der Waals surface area contributed by atoms with Crippen molar-refractivity contribution in [3.8, 4) is 0 Å². The first-order chi connectivity index (χ1) is 14.8. The Balaban J connectivity index is 1.72. The topological polar surface area (TPSA) is 107 Å². The van der Waals surface area contributed by atoms with Crippen LogP contribution in [0, 0.1) is 13.8 Å². The van der Waals surface area contributed by atoms with Gasteiger partial charge in [-0.25, -0.2) is 4.79 Å². The first kappa shape index (κ1) is 22.7. The molecule has 0 aliphatic heterocycles. The number of nitrogens with one attached hydrogen (secondary N) is 1. The number of benzene rings is 2. The predicted molar refractivity (Wildman–Crippen MR) is 116 cm³/mol. The van der Waals surface area contributed by atoms with Crippen LogP contribution in [0.15, 0.2) is 75.3 Å². The predicted octanol–water partition coefficient (Wildman–Crippen LogP) is 2.32. The molecule has 0 aliphatic rings. The van der Waals surface area contributed by atoms with Crippen molar-refractivity contribution in [1.29, 1.82) is 0 Å². The standard InChI is InChI=1S/C22H24N2O6S/c1-16-8-10-19(11-9-16)31(27,28)30-13-12-29-20(14-18-6-4-3-5-7-18)24-15-17(2)21(25)23-22(24)26/h3-11,15,20H,12-14H2,1-2H3,(H,23,25,26). The van der Waals surface area contributed by atoms with Crippen molar-refractivity contribution in [3.63, 3.8) is 0 Å². The summed E-state index contributed by atoms with van der Waals surface area (Å²) in [5, 5.41) is 0. The second-order valence-electron chi connectivity index (χ2n) is 7.08. The van der Waals surface area contributed by atoms with Crippen molar-refractivity contribution in [2.24, 2.45) is 0 Å². The molecule has 0 radical (unpaired) electrons. The minimum absolute atomic E-state index is 0.0615. The Morgan fingerprint density at radius 3 is 2.32 bits per heavy atom. The van der Waals surface area contributed by atoms with E-state index in [1.807, 2.05) is 37.3 Å². The maximum atomic E-state index is 12.3. The quantitative estimate of drug-likeness (QED) is 0.401. The van der Waals surface area contributed by atoms with Gasteiger partial charge in [-0.05, 0) is 31.5 Å². The molecule has 1 aromatic heterocycles. The van der Waals surface area contributed by atoms with Gasteiger partial charge in [-0.3, -0.25) is 18.5 Å². The van der Waals surface area contributed by atoms with Crippen LogP contribution in [-0.2, 0) is 25.5 Å². The maximum absolute atomic E-state index is 12.3. The fourth-order valence-electron chi connectivity index (χ4n) is 2.95. The van der Waals surface area contributed by atoms with Gasteiger partial charge >= 0.3 is 5.69 Å². The van der Waals surface area contributed by atoms with Crippen LogP contribution in [0.4, 0.5) is 0 Å². The minimum atomic E-state index is -3.92. The van der Waals surface area contributed by atoms with Crippen LogP contribution in [0.5, 0.6) is 0 Å². The van der Waals surface area contributed by atoms with Crippen LogP contribution >= 0.6 is 0 Å². The molecular weight excluding hydrogens is 420 g/mol.